The monoisotopic (exact) mass is 176 g/mol. The van der Waals surface area contributed by atoms with Gasteiger partial charge in [-0.25, -0.2) is 4.99 Å². The van der Waals surface area contributed by atoms with Crippen molar-refractivity contribution in [2.75, 3.05) is 5.73 Å². The van der Waals surface area contributed by atoms with Crippen LogP contribution in [-0.4, -0.2) is 21.3 Å². The van der Waals surface area contributed by atoms with Crippen molar-refractivity contribution in [2.24, 2.45) is 4.99 Å². The van der Waals surface area contributed by atoms with Crippen molar-refractivity contribution in [3.8, 4) is 12.5 Å². The molecule has 1 atom stereocenters. The van der Waals surface area contributed by atoms with Crippen LogP contribution >= 0.6 is 0 Å². The highest BCUT2D eigenvalue weighted by atomic mass is 16.3. The van der Waals surface area contributed by atoms with E-state index in [1.165, 1.54) is 11.2 Å². The molecular weight excluding hydrogens is 168 g/mol. The van der Waals surface area contributed by atoms with Crippen molar-refractivity contribution < 1.29 is 5.11 Å². The molecule has 0 bridgehead atoms. The maximum Gasteiger partial charge on any atom is 0.169 e. The third kappa shape index (κ3) is 1.04. The Bertz CT molecular complexity index is 401. The van der Waals surface area contributed by atoms with E-state index in [1.807, 2.05) is 0 Å². The van der Waals surface area contributed by atoms with Crippen LogP contribution in [0, 0.1) is 12.5 Å². The molecule has 4 N–H and O–H groups in total. The van der Waals surface area contributed by atoms with E-state index >= 15 is 0 Å². The smallest absolute Gasteiger partial charge is 0.169 e. The molecule has 1 unspecified atom stereocenters. The topological polar surface area (TPSA) is 77.6 Å². The van der Waals surface area contributed by atoms with Crippen LogP contribution in [0.5, 0.6) is 0 Å². The lowest BCUT2D eigenvalue weighted by Crippen LogP contribution is -2.24. The minimum absolute atomic E-state index is 0.458. The summed E-state index contributed by atoms with van der Waals surface area (Å²) in [4.78, 5) is 8.04. The van der Waals surface area contributed by atoms with Gasteiger partial charge in [-0.1, -0.05) is 6.42 Å². The molecule has 1 aliphatic heterocycles. The van der Waals surface area contributed by atoms with Gasteiger partial charge in [0.25, 0.3) is 0 Å². The normalized spacial score (nSPS) is 19.7. The predicted molar refractivity (Wildman–Crippen MR) is 49.0 cm³/mol. The maximum absolute atomic E-state index is 9.65. The molecule has 2 rings (SSSR count). The summed E-state index contributed by atoms with van der Waals surface area (Å²) in [5, 5.41) is 9.65. The van der Waals surface area contributed by atoms with Crippen LogP contribution in [0.2, 0.25) is 0 Å². The Kier molecular flexibility index (Phi) is 1.50. The third-order valence-corrected chi connectivity index (χ3v) is 1.85. The molecule has 0 saturated carbocycles. The second-order valence-electron chi connectivity index (χ2n) is 2.68. The molecule has 0 amide bonds. The van der Waals surface area contributed by atoms with Crippen LogP contribution in [-0.2, 0) is 0 Å². The first-order valence-corrected chi connectivity index (χ1v) is 3.67. The van der Waals surface area contributed by atoms with Gasteiger partial charge >= 0.3 is 0 Å². The fourth-order valence-corrected chi connectivity index (χ4v) is 1.22. The number of aromatic amines is 1. The Morgan fingerprint density at radius 2 is 2.54 bits per heavy atom. The Balaban J connectivity index is 2.48. The van der Waals surface area contributed by atoms with Crippen molar-refractivity contribution in [3.63, 3.8) is 0 Å². The number of hydrogen-bond donors (Lipinski definition) is 3. The van der Waals surface area contributed by atoms with Crippen LogP contribution in [0.3, 0.4) is 0 Å². The minimum Gasteiger partial charge on any atom is -0.385 e. The van der Waals surface area contributed by atoms with E-state index in [0.717, 1.165) is 0 Å². The quantitative estimate of drug-likeness (QED) is 0.492. The summed E-state index contributed by atoms with van der Waals surface area (Å²) in [5.41, 5.74) is 6.09. The maximum atomic E-state index is 9.65. The molecule has 0 aliphatic carbocycles. The number of H-pyrrole nitrogens is 1. The average Bonchev–Trinajstić information content (AvgIpc) is 2.47. The molecule has 1 aromatic heterocycles. The summed E-state index contributed by atoms with van der Waals surface area (Å²) < 4.78 is 0. The van der Waals surface area contributed by atoms with Crippen LogP contribution < -0.4 is 5.73 Å². The van der Waals surface area contributed by atoms with E-state index in [0.29, 0.717) is 17.2 Å². The molecule has 0 fully saturated rings. The van der Waals surface area contributed by atoms with E-state index in [2.05, 4.69) is 16.0 Å². The van der Waals surface area contributed by atoms with Crippen molar-refractivity contribution in [2.45, 2.75) is 6.23 Å². The van der Waals surface area contributed by atoms with E-state index in [-0.39, 0.29) is 0 Å². The van der Waals surface area contributed by atoms with Gasteiger partial charge in [0.2, 0.25) is 0 Å². The first-order valence-electron chi connectivity index (χ1n) is 3.67. The summed E-state index contributed by atoms with van der Waals surface area (Å²) in [6.07, 6.45) is 5.65. The summed E-state index contributed by atoms with van der Waals surface area (Å²) >= 11 is 0. The minimum atomic E-state index is -0.869. The fraction of sp³-hybridized carbons (Fsp3) is 0.125. The molecule has 1 aromatic rings. The molecule has 1 aliphatic rings. The number of aliphatic hydroxyl groups is 1. The van der Waals surface area contributed by atoms with Gasteiger partial charge in [-0.3, -0.25) is 4.90 Å². The standard InChI is InChI=1S/C8H8N4O/c1-2-12-4-10-7-5(8(12)13)3-6(9)11-7/h1,3-4,8,11,13H,9H2. The van der Waals surface area contributed by atoms with Crippen LogP contribution in [0.1, 0.15) is 11.8 Å². The molecule has 66 valence electrons. The van der Waals surface area contributed by atoms with E-state index in [4.69, 9.17) is 12.2 Å². The molecule has 5 heteroatoms. The lowest BCUT2D eigenvalue weighted by atomic mass is 10.2. The number of nitrogens with one attached hydrogen (secondary N) is 1. The predicted octanol–water partition coefficient (Wildman–Crippen LogP) is 0.154. The number of aliphatic imine (C=N–C) groups is 1. The van der Waals surface area contributed by atoms with E-state index in [9.17, 15) is 5.11 Å². The number of nitrogen functional groups attached to an aromatic ring is 1. The van der Waals surface area contributed by atoms with Crippen molar-refractivity contribution in [3.05, 3.63) is 11.6 Å². The van der Waals surface area contributed by atoms with E-state index in [1.54, 1.807) is 6.07 Å². The zero-order chi connectivity index (χ0) is 9.42. The van der Waals surface area contributed by atoms with Crippen molar-refractivity contribution in [1.29, 1.82) is 0 Å². The summed E-state index contributed by atoms with van der Waals surface area (Å²) in [6, 6.07) is 3.90. The van der Waals surface area contributed by atoms with Crippen molar-refractivity contribution >= 4 is 18.0 Å². The van der Waals surface area contributed by atoms with Gasteiger partial charge in [-0.05, 0) is 6.07 Å². The highest BCUT2D eigenvalue weighted by Crippen LogP contribution is 2.31. The lowest BCUT2D eigenvalue weighted by Gasteiger charge is -2.21. The van der Waals surface area contributed by atoms with Gasteiger partial charge in [0.15, 0.2) is 6.23 Å². The molecule has 0 radical (unpaired) electrons. The highest BCUT2D eigenvalue weighted by Gasteiger charge is 2.22. The number of nitrogens with zero attached hydrogens (tertiary/aromatic N) is 2. The molecule has 2 heterocycles. The van der Waals surface area contributed by atoms with Gasteiger partial charge < -0.3 is 15.8 Å². The number of nitrogens with two attached hydrogens (primary N) is 1. The van der Waals surface area contributed by atoms with Gasteiger partial charge in [0.1, 0.15) is 18.0 Å². The number of fused-ring (bicyclic) bond motifs is 1. The fourth-order valence-electron chi connectivity index (χ4n) is 1.22. The summed E-state index contributed by atoms with van der Waals surface area (Å²) in [6.45, 7) is 0. The Hall–Kier alpha value is -1.93. The molecule has 13 heavy (non-hydrogen) atoms. The Labute approximate surface area is 74.9 Å². The molecule has 0 spiro atoms. The molecule has 5 nitrogen and oxygen atoms in total. The van der Waals surface area contributed by atoms with E-state index < -0.39 is 6.23 Å². The van der Waals surface area contributed by atoms with Gasteiger partial charge in [0.05, 0.1) is 0 Å². The second kappa shape index (κ2) is 2.54. The SMILES string of the molecule is C#CN1C=Nc2[nH]c(N)cc2C1O. The Morgan fingerprint density at radius 3 is 3.23 bits per heavy atom. The number of anilines is 1. The number of hydrogen-bond acceptors (Lipinski definition) is 4. The third-order valence-electron chi connectivity index (χ3n) is 1.85. The molecule has 0 aromatic carbocycles. The van der Waals surface area contributed by atoms with Gasteiger partial charge in [-0.2, -0.15) is 0 Å². The number of terminal acetylenes is 1. The van der Waals surface area contributed by atoms with Crippen LogP contribution in [0.4, 0.5) is 11.6 Å². The highest BCUT2D eigenvalue weighted by molar-refractivity contribution is 5.69. The zero-order valence-electron chi connectivity index (χ0n) is 6.73. The van der Waals surface area contributed by atoms with Gasteiger partial charge in [0, 0.05) is 11.6 Å². The lowest BCUT2D eigenvalue weighted by molar-refractivity contribution is 0.0902. The first kappa shape index (κ1) is 7.71. The second-order valence-corrected chi connectivity index (χ2v) is 2.68. The van der Waals surface area contributed by atoms with Crippen molar-refractivity contribution in [1.82, 2.24) is 9.88 Å². The largest absolute Gasteiger partial charge is 0.385 e. The number of rotatable bonds is 0. The van der Waals surface area contributed by atoms with Crippen LogP contribution in [0.25, 0.3) is 0 Å². The summed E-state index contributed by atoms with van der Waals surface area (Å²) in [7, 11) is 0. The number of aromatic nitrogens is 1. The zero-order valence-corrected chi connectivity index (χ0v) is 6.73. The number of aliphatic hydroxyl groups excluding tert-OH is 1. The Morgan fingerprint density at radius 1 is 1.77 bits per heavy atom. The summed E-state index contributed by atoms with van der Waals surface area (Å²) in [5.74, 6) is 1.01. The van der Waals surface area contributed by atoms with Gasteiger partial charge in [-0.15, -0.1) is 0 Å². The van der Waals surface area contributed by atoms with Crippen LogP contribution in [0.15, 0.2) is 11.1 Å². The molecule has 0 saturated heterocycles. The average molecular weight is 176 g/mol. The first-order chi connectivity index (χ1) is 6.22. The molecular formula is C8H8N4O.